The smallest absolute Gasteiger partial charge is 0.410 e. The van der Waals surface area contributed by atoms with Crippen LogP contribution >= 0.6 is 0 Å². The van der Waals surface area contributed by atoms with E-state index < -0.39 is 6.09 Å². The molecule has 1 N–H and O–H groups in total. The molecule has 0 radical (unpaired) electrons. The van der Waals surface area contributed by atoms with Crippen molar-refractivity contribution in [2.75, 3.05) is 24.5 Å². The van der Waals surface area contributed by atoms with Crippen LogP contribution in [0.15, 0.2) is 34.7 Å². The molecular formula is C23H24N8O3. The zero-order valence-electron chi connectivity index (χ0n) is 18.8. The number of amides is 1. The first-order valence-electron chi connectivity index (χ1n) is 11.1. The molecule has 1 amide bonds. The lowest BCUT2D eigenvalue weighted by Crippen LogP contribution is -2.55. The molecule has 3 aromatic rings. The van der Waals surface area contributed by atoms with Crippen LogP contribution in [-0.2, 0) is 24.4 Å². The summed E-state index contributed by atoms with van der Waals surface area (Å²) in [5.41, 5.74) is 2.81. The predicted molar refractivity (Wildman–Crippen MR) is 120 cm³/mol. The van der Waals surface area contributed by atoms with E-state index in [1.54, 1.807) is 11.8 Å². The highest BCUT2D eigenvalue weighted by Crippen LogP contribution is 2.30. The summed E-state index contributed by atoms with van der Waals surface area (Å²) in [6.45, 7) is 4.61. The Bertz CT molecular complexity index is 1220. The van der Waals surface area contributed by atoms with E-state index >= 15 is 0 Å². The molecule has 0 aliphatic carbocycles. The van der Waals surface area contributed by atoms with Crippen LogP contribution in [0.5, 0.6) is 0 Å². The van der Waals surface area contributed by atoms with Gasteiger partial charge in [0.05, 0.1) is 24.2 Å². The fraction of sp³-hybridized carbons (Fsp3) is 0.391. The molecule has 2 aliphatic rings. The number of rotatable bonds is 5. The highest BCUT2D eigenvalue weighted by Gasteiger charge is 2.34. The first-order chi connectivity index (χ1) is 16.6. The summed E-state index contributed by atoms with van der Waals surface area (Å²) in [4.78, 5) is 25.9. The van der Waals surface area contributed by atoms with Crippen molar-refractivity contribution in [1.29, 1.82) is 5.26 Å². The number of fused-ring (bicyclic) bond motifs is 1. The Labute approximate surface area is 196 Å². The summed E-state index contributed by atoms with van der Waals surface area (Å²) in [5, 5.41) is 20.7. The number of aromatic nitrogens is 4. The topological polar surface area (TPSA) is 133 Å². The van der Waals surface area contributed by atoms with Gasteiger partial charge in [-0.1, -0.05) is 30.3 Å². The van der Waals surface area contributed by atoms with Gasteiger partial charge in [-0.15, -0.1) is 10.2 Å². The standard InChI is InChI=1S/C23H24N8O3/c1-15-28-29-22(34-15)20-26-19-12-25-11-18(19)21(27-20)30-9-10-31(17(13-30)7-8-24)23(32)33-14-16-5-3-2-4-6-16/h2-6,17,25H,7,9-14H2,1H3/t17-/m0/s1. The van der Waals surface area contributed by atoms with E-state index in [0.717, 1.165) is 22.6 Å². The third kappa shape index (κ3) is 4.40. The Morgan fingerprint density at radius 2 is 2.09 bits per heavy atom. The summed E-state index contributed by atoms with van der Waals surface area (Å²) < 4.78 is 11.1. The van der Waals surface area contributed by atoms with Crippen LogP contribution in [0, 0.1) is 18.3 Å². The summed E-state index contributed by atoms with van der Waals surface area (Å²) in [5.74, 6) is 1.85. The van der Waals surface area contributed by atoms with Gasteiger partial charge < -0.3 is 24.3 Å². The van der Waals surface area contributed by atoms with Gasteiger partial charge in [0.15, 0.2) is 0 Å². The Hall–Kier alpha value is -4.04. The molecule has 1 fully saturated rings. The Morgan fingerprint density at radius 3 is 2.85 bits per heavy atom. The number of ether oxygens (including phenoxy) is 1. The molecule has 11 nitrogen and oxygen atoms in total. The maximum absolute atomic E-state index is 12.8. The molecule has 4 heterocycles. The molecule has 2 aromatic heterocycles. The van der Waals surface area contributed by atoms with Gasteiger partial charge in [-0.05, 0) is 5.56 Å². The van der Waals surface area contributed by atoms with Gasteiger partial charge >= 0.3 is 6.09 Å². The van der Waals surface area contributed by atoms with Crippen molar-refractivity contribution in [2.45, 2.75) is 39.1 Å². The van der Waals surface area contributed by atoms with Gasteiger partial charge in [0.1, 0.15) is 12.4 Å². The normalized spacial score (nSPS) is 17.4. The fourth-order valence-electron chi connectivity index (χ4n) is 4.26. The molecule has 1 saturated heterocycles. The third-order valence-electron chi connectivity index (χ3n) is 5.93. The molecule has 2 aliphatic heterocycles. The van der Waals surface area contributed by atoms with Gasteiger partial charge in [-0.25, -0.2) is 14.8 Å². The van der Waals surface area contributed by atoms with Crippen molar-refractivity contribution >= 4 is 11.9 Å². The van der Waals surface area contributed by atoms with Gasteiger partial charge in [0.25, 0.3) is 5.89 Å². The van der Waals surface area contributed by atoms with Crippen molar-refractivity contribution in [2.24, 2.45) is 0 Å². The number of hydrogen-bond donors (Lipinski definition) is 1. The molecule has 5 rings (SSSR count). The van der Waals surface area contributed by atoms with Gasteiger partial charge in [-0.2, -0.15) is 5.26 Å². The largest absolute Gasteiger partial charge is 0.445 e. The lowest BCUT2D eigenvalue weighted by molar-refractivity contribution is 0.0768. The Balaban J connectivity index is 1.35. The lowest BCUT2D eigenvalue weighted by Gasteiger charge is -2.40. The summed E-state index contributed by atoms with van der Waals surface area (Å²) in [6.07, 6.45) is -0.224. The van der Waals surface area contributed by atoms with Crippen LogP contribution in [0.4, 0.5) is 10.6 Å². The number of anilines is 1. The summed E-state index contributed by atoms with van der Waals surface area (Å²) in [7, 11) is 0. The number of nitriles is 1. The number of piperazine rings is 1. The Morgan fingerprint density at radius 1 is 1.24 bits per heavy atom. The minimum absolute atomic E-state index is 0.192. The average molecular weight is 460 g/mol. The zero-order valence-corrected chi connectivity index (χ0v) is 18.8. The molecular weight excluding hydrogens is 436 g/mol. The van der Waals surface area contributed by atoms with Crippen LogP contribution in [0.25, 0.3) is 11.7 Å². The van der Waals surface area contributed by atoms with Crippen LogP contribution in [0.1, 0.15) is 29.1 Å². The molecule has 0 bridgehead atoms. The number of nitrogens with zero attached hydrogens (tertiary/aromatic N) is 7. The number of benzene rings is 1. The zero-order chi connectivity index (χ0) is 23.5. The summed E-state index contributed by atoms with van der Waals surface area (Å²) >= 11 is 0. The average Bonchev–Trinajstić information content (AvgIpc) is 3.51. The maximum atomic E-state index is 12.8. The molecule has 34 heavy (non-hydrogen) atoms. The second-order valence-corrected chi connectivity index (χ2v) is 8.22. The Kier molecular flexibility index (Phi) is 6.05. The highest BCUT2D eigenvalue weighted by molar-refractivity contribution is 5.69. The first kappa shape index (κ1) is 21.8. The molecule has 174 valence electrons. The van der Waals surface area contributed by atoms with E-state index in [1.165, 1.54) is 0 Å². The number of carbonyl (C=O) groups excluding carboxylic acids is 1. The predicted octanol–water partition coefficient (Wildman–Crippen LogP) is 2.18. The monoisotopic (exact) mass is 460 g/mol. The second-order valence-electron chi connectivity index (χ2n) is 8.22. The van der Waals surface area contributed by atoms with Crippen LogP contribution in [0.3, 0.4) is 0 Å². The molecule has 0 unspecified atom stereocenters. The minimum atomic E-state index is -0.416. The van der Waals surface area contributed by atoms with Gasteiger partial charge in [0, 0.05) is 45.2 Å². The minimum Gasteiger partial charge on any atom is -0.445 e. The quantitative estimate of drug-likeness (QED) is 0.604. The maximum Gasteiger partial charge on any atom is 0.410 e. The van der Waals surface area contributed by atoms with E-state index in [1.807, 2.05) is 30.3 Å². The van der Waals surface area contributed by atoms with Crippen molar-refractivity contribution in [3.8, 4) is 17.8 Å². The van der Waals surface area contributed by atoms with Crippen LogP contribution in [0.2, 0.25) is 0 Å². The van der Waals surface area contributed by atoms with Crippen molar-refractivity contribution in [3.05, 3.63) is 53.0 Å². The second kappa shape index (κ2) is 9.44. The lowest BCUT2D eigenvalue weighted by atomic mass is 10.1. The molecule has 1 aromatic carbocycles. The van der Waals surface area contributed by atoms with E-state index in [4.69, 9.17) is 14.1 Å². The number of aryl methyl sites for hydroxylation is 1. The fourth-order valence-corrected chi connectivity index (χ4v) is 4.26. The highest BCUT2D eigenvalue weighted by atomic mass is 16.6. The van der Waals surface area contributed by atoms with E-state index in [-0.39, 0.29) is 25.0 Å². The van der Waals surface area contributed by atoms with E-state index in [0.29, 0.717) is 44.4 Å². The van der Waals surface area contributed by atoms with Gasteiger partial charge in [0.2, 0.25) is 11.7 Å². The molecule has 0 spiro atoms. The molecule has 0 saturated carbocycles. The van der Waals surface area contributed by atoms with Gasteiger partial charge in [-0.3, -0.25) is 0 Å². The van der Waals surface area contributed by atoms with E-state index in [9.17, 15) is 10.1 Å². The van der Waals surface area contributed by atoms with Crippen molar-refractivity contribution < 1.29 is 13.9 Å². The van der Waals surface area contributed by atoms with E-state index in [2.05, 4.69) is 31.5 Å². The molecule has 11 heteroatoms. The summed E-state index contributed by atoms with van der Waals surface area (Å²) in [6, 6.07) is 11.4. The first-order valence-corrected chi connectivity index (χ1v) is 11.1. The molecule has 1 atom stereocenters. The number of nitrogens with one attached hydrogen (secondary N) is 1. The SMILES string of the molecule is Cc1nnc(-c2nc3c(c(N4CCN(C(=O)OCc5ccccc5)[C@@H](CC#N)C4)n2)CNC3)o1. The third-order valence-corrected chi connectivity index (χ3v) is 5.93. The van der Waals surface area contributed by atoms with Crippen LogP contribution < -0.4 is 10.2 Å². The van der Waals surface area contributed by atoms with Crippen molar-refractivity contribution in [3.63, 3.8) is 0 Å². The van der Waals surface area contributed by atoms with Crippen LogP contribution in [-0.4, -0.2) is 56.8 Å². The number of hydrogen-bond acceptors (Lipinski definition) is 10. The number of carbonyl (C=O) groups is 1. The van der Waals surface area contributed by atoms with Crippen molar-refractivity contribution in [1.82, 2.24) is 30.4 Å².